The fourth-order valence-corrected chi connectivity index (χ4v) is 2.81. The maximum Gasteiger partial charge on any atom is 0.123 e. The van der Waals surface area contributed by atoms with Crippen molar-refractivity contribution in [2.75, 3.05) is 0 Å². The fourth-order valence-electron chi connectivity index (χ4n) is 2.51. The molecule has 0 aromatic heterocycles. The third-order valence-corrected chi connectivity index (χ3v) is 3.79. The van der Waals surface area contributed by atoms with Crippen molar-refractivity contribution in [1.29, 1.82) is 0 Å². The van der Waals surface area contributed by atoms with Gasteiger partial charge in [0.05, 0.1) is 0 Å². The smallest absolute Gasteiger partial charge is 0.123 e. The molecule has 2 N–H and O–H groups in total. The fraction of sp³-hybridized carbons (Fsp3) is 0.538. The molecule has 0 heterocycles. The normalized spacial score (nSPS) is 20.4. The monoisotopic (exact) mass is 241 g/mol. The van der Waals surface area contributed by atoms with E-state index in [1.54, 1.807) is 6.07 Å². The van der Waals surface area contributed by atoms with Gasteiger partial charge in [-0.1, -0.05) is 37.3 Å². The van der Waals surface area contributed by atoms with Gasteiger partial charge < -0.3 is 5.73 Å². The Morgan fingerprint density at radius 2 is 1.75 bits per heavy atom. The minimum atomic E-state index is -0.435. The van der Waals surface area contributed by atoms with Crippen molar-refractivity contribution in [1.82, 2.24) is 0 Å². The molecule has 0 unspecified atom stereocenters. The summed E-state index contributed by atoms with van der Waals surface area (Å²) in [4.78, 5) is 0. The summed E-state index contributed by atoms with van der Waals surface area (Å²) in [7, 11) is 0. The Morgan fingerprint density at radius 1 is 1.12 bits per heavy atom. The van der Waals surface area contributed by atoms with E-state index >= 15 is 0 Å². The zero-order valence-corrected chi connectivity index (χ0v) is 10.1. The van der Waals surface area contributed by atoms with Gasteiger partial charge in [-0.25, -0.2) is 4.39 Å². The van der Waals surface area contributed by atoms with Gasteiger partial charge in [-0.15, -0.1) is 0 Å². The second-order valence-corrected chi connectivity index (χ2v) is 5.10. The first kappa shape index (κ1) is 11.9. The number of halogens is 2. The second-order valence-electron chi connectivity index (χ2n) is 4.69. The van der Waals surface area contributed by atoms with Crippen LogP contribution in [0.25, 0.3) is 0 Å². The first-order valence-electron chi connectivity index (χ1n) is 5.86. The average Bonchev–Trinajstić information content (AvgIpc) is 2.48. The molecule has 1 fully saturated rings. The molecule has 1 aromatic rings. The van der Waals surface area contributed by atoms with Gasteiger partial charge in [-0.05, 0) is 36.6 Å². The molecule has 1 aromatic carbocycles. The van der Waals surface area contributed by atoms with Gasteiger partial charge in [0.2, 0.25) is 0 Å². The Morgan fingerprint density at radius 3 is 2.38 bits per heavy atom. The lowest BCUT2D eigenvalue weighted by Gasteiger charge is -2.29. The lowest BCUT2D eigenvalue weighted by Crippen LogP contribution is -2.36. The van der Waals surface area contributed by atoms with Crippen molar-refractivity contribution in [3.8, 4) is 0 Å². The van der Waals surface area contributed by atoms with Crippen molar-refractivity contribution in [2.24, 2.45) is 5.73 Å². The van der Waals surface area contributed by atoms with Crippen LogP contribution >= 0.6 is 11.6 Å². The predicted octanol–water partition coefficient (Wildman–Crippen LogP) is 3.99. The highest BCUT2D eigenvalue weighted by Gasteiger charge is 2.30. The van der Waals surface area contributed by atoms with E-state index in [4.69, 9.17) is 17.3 Å². The van der Waals surface area contributed by atoms with Crippen molar-refractivity contribution < 1.29 is 4.39 Å². The molecular weight excluding hydrogens is 225 g/mol. The van der Waals surface area contributed by atoms with Gasteiger partial charge in [-0.3, -0.25) is 0 Å². The molecule has 88 valence electrons. The van der Waals surface area contributed by atoms with E-state index in [2.05, 4.69) is 0 Å². The van der Waals surface area contributed by atoms with Gasteiger partial charge in [-0.2, -0.15) is 0 Å². The third-order valence-electron chi connectivity index (χ3n) is 3.46. The Hall–Kier alpha value is -0.600. The molecule has 0 aliphatic heterocycles. The molecular formula is C13H17ClFN. The predicted molar refractivity (Wildman–Crippen MR) is 65.0 cm³/mol. The van der Waals surface area contributed by atoms with Crippen LogP contribution in [0.2, 0.25) is 5.02 Å². The average molecular weight is 242 g/mol. The molecule has 1 aliphatic carbocycles. The van der Waals surface area contributed by atoms with E-state index < -0.39 is 5.54 Å². The van der Waals surface area contributed by atoms with Gasteiger partial charge >= 0.3 is 0 Å². The van der Waals surface area contributed by atoms with Gasteiger partial charge in [0, 0.05) is 10.6 Å². The van der Waals surface area contributed by atoms with Crippen LogP contribution in [0.15, 0.2) is 18.2 Å². The van der Waals surface area contributed by atoms with Crippen LogP contribution in [0.4, 0.5) is 4.39 Å². The topological polar surface area (TPSA) is 26.0 Å². The van der Waals surface area contributed by atoms with Crippen molar-refractivity contribution >= 4 is 11.6 Å². The van der Waals surface area contributed by atoms with Crippen molar-refractivity contribution in [2.45, 2.75) is 44.1 Å². The first-order chi connectivity index (χ1) is 7.62. The Bertz CT molecular complexity index is 370. The van der Waals surface area contributed by atoms with Crippen LogP contribution in [0.1, 0.15) is 44.1 Å². The van der Waals surface area contributed by atoms with E-state index in [-0.39, 0.29) is 5.82 Å². The van der Waals surface area contributed by atoms with Crippen LogP contribution in [-0.4, -0.2) is 0 Å². The minimum absolute atomic E-state index is 0.256. The van der Waals surface area contributed by atoms with Crippen LogP contribution in [0.3, 0.4) is 0 Å². The van der Waals surface area contributed by atoms with Gasteiger partial charge in [0.1, 0.15) is 5.82 Å². The third kappa shape index (κ3) is 2.38. The summed E-state index contributed by atoms with van der Waals surface area (Å²) in [5, 5.41) is 0.589. The van der Waals surface area contributed by atoms with Crippen LogP contribution in [0.5, 0.6) is 0 Å². The quantitative estimate of drug-likeness (QED) is 0.740. The lowest BCUT2D eigenvalue weighted by molar-refractivity contribution is 0.383. The molecule has 16 heavy (non-hydrogen) atoms. The molecule has 0 saturated heterocycles. The molecule has 0 atom stereocenters. The summed E-state index contributed by atoms with van der Waals surface area (Å²) >= 11 is 6.13. The van der Waals surface area contributed by atoms with E-state index in [1.165, 1.54) is 25.0 Å². The molecule has 0 bridgehead atoms. The highest BCUT2D eigenvalue weighted by molar-refractivity contribution is 6.31. The molecule has 1 nitrogen and oxygen atoms in total. The van der Waals surface area contributed by atoms with Crippen LogP contribution in [-0.2, 0) is 5.54 Å². The second kappa shape index (κ2) is 4.72. The largest absolute Gasteiger partial charge is 0.321 e. The van der Waals surface area contributed by atoms with Gasteiger partial charge in [0.15, 0.2) is 0 Å². The number of hydrogen-bond donors (Lipinski definition) is 1. The SMILES string of the molecule is NC1(c2cc(F)ccc2Cl)CCCCCC1. The van der Waals surface area contributed by atoms with Gasteiger partial charge in [0.25, 0.3) is 0 Å². The number of hydrogen-bond acceptors (Lipinski definition) is 1. The Labute approximate surface area is 101 Å². The molecule has 0 radical (unpaired) electrons. The summed E-state index contributed by atoms with van der Waals surface area (Å²) in [6.07, 6.45) is 6.43. The zero-order chi connectivity index (χ0) is 11.6. The van der Waals surface area contributed by atoms with Crippen LogP contribution < -0.4 is 5.73 Å². The summed E-state index contributed by atoms with van der Waals surface area (Å²) in [5.74, 6) is -0.256. The number of rotatable bonds is 1. The number of nitrogens with two attached hydrogens (primary N) is 1. The molecule has 1 aliphatic rings. The molecule has 0 amide bonds. The molecule has 1 saturated carbocycles. The molecule has 0 spiro atoms. The molecule has 2 rings (SSSR count). The van der Waals surface area contributed by atoms with Crippen molar-refractivity contribution in [3.63, 3.8) is 0 Å². The van der Waals surface area contributed by atoms with Crippen molar-refractivity contribution in [3.05, 3.63) is 34.6 Å². The summed E-state index contributed by atoms with van der Waals surface area (Å²) in [6, 6.07) is 4.48. The Balaban J connectivity index is 2.36. The highest BCUT2D eigenvalue weighted by atomic mass is 35.5. The standard InChI is InChI=1S/C13H17ClFN/c14-12-6-5-10(15)9-11(12)13(16)7-3-1-2-4-8-13/h5-6,9H,1-4,7-8,16H2. The Kier molecular flexibility index (Phi) is 3.50. The molecule has 3 heteroatoms. The maximum atomic E-state index is 13.3. The summed E-state index contributed by atoms with van der Waals surface area (Å²) < 4.78 is 13.3. The van der Waals surface area contributed by atoms with E-state index in [0.717, 1.165) is 31.2 Å². The number of benzene rings is 1. The summed E-state index contributed by atoms with van der Waals surface area (Å²) in [6.45, 7) is 0. The van der Waals surface area contributed by atoms with Crippen LogP contribution in [0, 0.1) is 5.82 Å². The van der Waals surface area contributed by atoms with E-state index in [0.29, 0.717) is 5.02 Å². The van der Waals surface area contributed by atoms with E-state index in [9.17, 15) is 4.39 Å². The first-order valence-corrected chi connectivity index (χ1v) is 6.24. The van der Waals surface area contributed by atoms with E-state index in [1.807, 2.05) is 0 Å². The summed E-state index contributed by atoms with van der Waals surface area (Å²) in [5.41, 5.74) is 6.74. The maximum absolute atomic E-state index is 13.3. The minimum Gasteiger partial charge on any atom is -0.321 e. The lowest BCUT2D eigenvalue weighted by atomic mass is 9.84. The highest BCUT2D eigenvalue weighted by Crippen LogP contribution is 2.37. The zero-order valence-electron chi connectivity index (χ0n) is 9.31.